The maximum atomic E-state index is 6.14. The van der Waals surface area contributed by atoms with Crippen LogP contribution in [0.15, 0.2) is 67.3 Å². The summed E-state index contributed by atoms with van der Waals surface area (Å²) in [5, 5.41) is 0.676. The highest BCUT2D eigenvalue weighted by Gasteiger charge is 2.18. The normalized spacial score (nSPS) is 12.2. The molecule has 3 aromatic rings. The van der Waals surface area contributed by atoms with Crippen molar-refractivity contribution in [2.75, 3.05) is 5.73 Å². The van der Waals surface area contributed by atoms with Crippen LogP contribution >= 0.6 is 11.6 Å². The maximum Gasteiger partial charge on any atom is 0.0954 e. The molecular weight excluding hydrogens is 270 g/mol. The number of benzene rings is 2. The summed E-state index contributed by atoms with van der Waals surface area (Å²) >= 11 is 6.13. The van der Waals surface area contributed by atoms with Crippen molar-refractivity contribution in [2.45, 2.75) is 6.04 Å². The molecule has 3 rings (SSSR count). The molecule has 0 bridgehead atoms. The Morgan fingerprint density at radius 2 is 1.90 bits per heavy atom. The third-order valence-corrected chi connectivity index (χ3v) is 3.52. The van der Waals surface area contributed by atoms with Crippen LogP contribution in [0.25, 0.3) is 0 Å². The van der Waals surface area contributed by atoms with Gasteiger partial charge in [0.15, 0.2) is 0 Å². The van der Waals surface area contributed by atoms with Gasteiger partial charge in [0.25, 0.3) is 0 Å². The molecule has 0 aliphatic heterocycles. The highest BCUT2D eigenvalue weighted by molar-refractivity contribution is 6.30. The number of hydrogen-bond acceptors (Lipinski definition) is 2. The minimum Gasteiger partial charge on any atom is -0.398 e. The van der Waals surface area contributed by atoms with Gasteiger partial charge < -0.3 is 10.3 Å². The Bertz CT molecular complexity index is 693. The molecule has 2 aromatic carbocycles. The van der Waals surface area contributed by atoms with E-state index < -0.39 is 0 Å². The van der Waals surface area contributed by atoms with Gasteiger partial charge >= 0.3 is 0 Å². The summed E-state index contributed by atoms with van der Waals surface area (Å²) in [6.07, 6.45) is 5.48. The van der Waals surface area contributed by atoms with E-state index in [4.69, 9.17) is 17.3 Å². The predicted octanol–water partition coefficient (Wildman–Crippen LogP) is 3.76. The summed E-state index contributed by atoms with van der Waals surface area (Å²) in [6, 6.07) is 15.7. The molecule has 0 spiro atoms. The van der Waals surface area contributed by atoms with Crippen LogP contribution < -0.4 is 5.73 Å². The highest BCUT2D eigenvalue weighted by atomic mass is 35.5. The molecule has 2 N–H and O–H groups in total. The number of nitrogens with two attached hydrogens (primary N) is 1. The van der Waals surface area contributed by atoms with Crippen molar-refractivity contribution in [3.8, 4) is 0 Å². The number of nitrogen functional groups attached to an aromatic ring is 1. The van der Waals surface area contributed by atoms with E-state index in [1.54, 1.807) is 18.6 Å². The van der Waals surface area contributed by atoms with Gasteiger partial charge in [-0.05, 0) is 23.8 Å². The topological polar surface area (TPSA) is 43.8 Å². The smallest absolute Gasteiger partial charge is 0.0954 e. The number of aromatic nitrogens is 2. The van der Waals surface area contributed by atoms with Gasteiger partial charge in [-0.15, -0.1) is 0 Å². The highest BCUT2D eigenvalue weighted by Crippen LogP contribution is 2.32. The van der Waals surface area contributed by atoms with Crippen LogP contribution in [0.5, 0.6) is 0 Å². The predicted molar refractivity (Wildman–Crippen MR) is 81.8 cm³/mol. The van der Waals surface area contributed by atoms with Crippen molar-refractivity contribution < 1.29 is 0 Å². The van der Waals surface area contributed by atoms with Crippen molar-refractivity contribution in [2.24, 2.45) is 0 Å². The zero-order chi connectivity index (χ0) is 13.9. The van der Waals surface area contributed by atoms with Crippen molar-refractivity contribution in [3.05, 3.63) is 83.4 Å². The molecule has 1 unspecified atom stereocenters. The Hall–Kier alpha value is -2.26. The molecule has 0 aliphatic rings. The first-order valence-electron chi connectivity index (χ1n) is 6.33. The van der Waals surface area contributed by atoms with Gasteiger partial charge in [0.1, 0.15) is 0 Å². The maximum absolute atomic E-state index is 6.14. The first-order chi connectivity index (χ1) is 9.75. The monoisotopic (exact) mass is 283 g/mol. The molecule has 1 aromatic heterocycles. The quantitative estimate of drug-likeness (QED) is 0.744. The zero-order valence-corrected chi connectivity index (χ0v) is 11.5. The SMILES string of the molecule is Nc1ccc(Cl)cc1C(c1ccccc1)n1ccnc1. The molecule has 0 fully saturated rings. The molecule has 100 valence electrons. The Kier molecular flexibility index (Phi) is 3.44. The summed E-state index contributed by atoms with van der Waals surface area (Å²) < 4.78 is 2.03. The summed E-state index contributed by atoms with van der Waals surface area (Å²) in [5.41, 5.74) is 8.97. The van der Waals surface area contributed by atoms with Crippen LogP contribution in [-0.4, -0.2) is 9.55 Å². The van der Waals surface area contributed by atoms with E-state index in [1.165, 1.54) is 0 Å². The third kappa shape index (κ3) is 2.40. The van der Waals surface area contributed by atoms with Gasteiger partial charge in [0, 0.05) is 28.7 Å². The second-order valence-electron chi connectivity index (χ2n) is 4.60. The lowest BCUT2D eigenvalue weighted by molar-refractivity contribution is 0.679. The lowest BCUT2D eigenvalue weighted by Crippen LogP contribution is -2.12. The Labute approximate surface area is 122 Å². The summed E-state index contributed by atoms with van der Waals surface area (Å²) in [7, 11) is 0. The zero-order valence-electron chi connectivity index (χ0n) is 10.8. The van der Waals surface area contributed by atoms with Crippen molar-refractivity contribution >= 4 is 17.3 Å². The molecule has 4 heteroatoms. The molecule has 1 atom stereocenters. The van der Waals surface area contributed by atoms with E-state index in [0.717, 1.165) is 16.8 Å². The van der Waals surface area contributed by atoms with Gasteiger partial charge in [-0.3, -0.25) is 0 Å². The Morgan fingerprint density at radius 1 is 1.10 bits per heavy atom. The molecule has 3 nitrogen and oxygen atoms in total. The Morgan fingerprint density at radius 3 is 2.60 bits per heavy atom. The van der Waals surface area contributed by atoms with E-state index in [9.17, 15) is 0 Å². The number of nitrogens with zero attached hydrogens (tertiary/aromatic N) is 2. The third-order valence-electron chi connectivity index (χ3n) is 3.28. The van der Waals surface area contributed by atoms with Crippen LogP contribution in [0, 0.1) is 0 Å². The van der Waals surface area contributed by atoms with Gasteiger partial charge in [-0.1, -0.05) is 41.9 Å². The molecule has 1 heterocycles. The van der Waals surface area contributed by atoms with Gasteiger partial charge in [0.05, 0.1) is 12.4 Å². The summed E-state index contributed by atoms with van der Waals surface area (Å²) in [4.78, 5) is 4.14. The second-order valence-corrected chi connectivity index (χ2v) is 5.03. The first-order valence-corrected chi connectivity index (χ1v) is 6.71. The van der Waals surface area contributed by atoms with Gasteiger partial charge in [-0.2, -0.15) is 0 Å². The van der Waals surface area contributed by atoms with E-state index in [-0.39, 0.29) is 6.04 Å². The molecule has 0 aliphatic carbocycles. The van der Waals surface area contributed by atoms with Crippen LogP contribution in [0.1, 0.15) is 17.2 Å². The van der Waals surface area contributed by atoms with Crippen molar-refractivity contribution in [1.29, 1.82) is 0 Å². The van der Waals surface area contributed by atoms with E-state index in [2.05, 4.69) is 17.1 Å². The molecule has 0 amide bonds. The van der Waals surface area contributed by atoms with Crippen LogP contribution in [0.2, 0.25) is 5.02 Å². The first kappa shape index (κ1) is 12.8. The van der Waals surface area contributed by atoms with Gasteiger partial charge in [-0.25, -0.2) is 4.98 Å². The number of imidazole rings is 1. The molecule has 0 saturated carbocycles. The molecule has 0 radical (unpaired) electrons. The van der Waals surface area contributed by atoms with E-state index in [1.807, 2.05) is 41.1 Å². The van der Waals surface area contributed by atoms with E-state index >= 15 is 0 Å². The molecule has 20 heavy (non-hydrogen) atoms. The van der Waals surface area contributed by atoms with Gasteiger partial charge in [0.2, 0.25) is 0 Å². The number of halogens is 1. The van der Waals surface area contributed by atoms with Crippen molar-refractivity contribution in [1.82, 2.24) is 9.55 Å². The number of rotatable bonds is 3. The lowest BCUT2D eigenvalue weighted by Gasteiger charge is -2.21. The summed E-state index contributed by atoms with van der Waals surface area (Å²) in [5.74, 6) is 0. The fraction of sp³-hybridized carbons (Fsp3) is 0.0625. The van der Waals surface area contributed by atoms with Crippen LogP contribution in [0.4, 0.5) is 5.69 Å². The minimum atomic E-state index is -0.0302. The largest absolute Gasteiger partial charge is 0.398 e. The van der Waals surface area contributed by atoms with E-state index in [0.29, 0.717) is 5.02 Å². The van der Waals surface area contributed by atoms with Crippen LogP contribution in [-0.2, 0) is 0 Å². The number of anilines is 1. The number of hydrogen-bond donors (Lipinski definition) is 1. The average molecular weight is 284 g/mol. The fourth-order valence-corrected chi connectivity index (χ4v) is 2.53. The minimum absolute atomic E-state index is 0.0302. The lowest BCUT2D eigenvalue weighted by atomic mass is 9.97. The second kappa shape index (κ2) is 5.39. The van der Waals surface area contributed by atoms with Crippen molar-refractivity contribution in [3.63, 3.8) is 0 Å². The molecular formula is C16H14ClN3. The fourth-order valence-electron chi connectivity index (χ4n) is 2.35. The summed E-state index contributed by atoms with van der Waals surface area (Å²) in [6.45, 7) is 0. The standard InChI is InChI=1S/C16H14ClN3/c17-13-6-7-15(18)14(10-13)16(20-9-8-19-11-20)12-4-2-1-3-5-12/h1-11,16H,18H2. The average Bonchev–Trinajstić information content (AvgIpc) is 2.98. The Balaban J connectivity index is 2.18. The van der Waals surface area contributed by atoms with Crippen LogP contribution in [0.3, 0.4) is 0 Å². The molecule has 0 saturated heterocycles.